The Morgan fingerprint density at radius 3 is 1.75 bits per heavy atom. The van der Waals surface area contributed by atoms with E-state index in [1.165, 1.54) is 93.1 Å². The molecule has 0 aromatic heterocycles. The lowest BCUT2D eigenvalue weighted by Crippen LogP contribution is -2.64. The highest BCUT2D eigenvalue weighted by Crippen LogP contribution is 2.39. The second-order valence-electron chi connectivity index (χ2n) is 13.9. The molecular formula is C43H46O20. The largest absolute Gasteiger partial charge is 0.508 e. The summed E-state index contributed by atoms with van der Waals surface area (Å²) in [5.41, 5.74) is 1.31. The van der Waals surface area contributed by atoms with Crippen molar-refractivity contribution in [2.75, 3.05) is 34.0 Å². The molecule has 2 saturated heterocycles. The Bertz CT molecular complexity index is 2170. The van der Waals surface area contributed by atoms with E-state index in [4.69, 9.17) is 42.6 Å². The van der Waals surface area contributed by atoms with Crippen LogP contribution in [0.25, 0.3) is 18.2 Å². The first-order valence-corrected chi connectivity index (χ1v) is 19.0. The highest BCUT2D eigenvalue weighted by molar-refractivity contribution is 5.88. The maximum atomic E-state index is 13.3. The highest BCUT2D eigenvalue weighted by atomic mass is 16.8. The zero-order valence-corrected chi connectivity index (χ0v) is 33.9. The number of esters is 4. The van der Waals surface area contributed by atoms with Crippen molar-refractivity contribution in [3.05, 3.63) is 95.6 Å². The number of rotatable bonds is 17. The van der Waals surface area contributed by atoms with Crippen molar-refractivity contribution in [3.8, 4) is 28.7 Å². The van der Waals surface area contributed by atoms with Crippen LogP contribution in [0.2, 0.25) is 0 Å². The molecule has 7 N–H and O–H groups in total. The minimum atomic E-state index is -2.63. The number of phenolic OH excluding ortho intramolecular Hbond substituents is 3. The molecule has 5 rings (SSSR count). The third-order valence-corrected chi connectivity index (χ3v) is 9.52. The molecular weight excluding hydrogens is 836 g/mol. The number of aliphatic hydroxyl groups is 4. The third kappa shape index (κ3) is 12.3. The van der Waals surface area contributed by atoms with E-state index in [1.54, 1.807) is 0 Å². The number of carbonyl (C=O) groups is 4. The van der Waals surface area contributed by atoms with Gasteiger partial charge in [-0.15, -0.1) is 0 Å². The normalized spacial score (nSPS) is 25.8. The van der Waals surface area contributed by atoms with Gasteiger partial charge in [0.1, 0.15) is 56.1 Å². The van der Waals surface area contributed by atoms with Crippen LogP contribution in [0.5, 0.6) is 28.7 Å². The molecule has 2 heterocycles. The standard InChI is InChI=1S/C43H46O20/c1-23(45)57-21-33-40(60-35(50)16-8-24-4-11-27(46)12-5-24)38(53)39(54)42(59-33)63-43(22-44)41(61-36(51)17-10-26-7-14-29(48)31(19-26)56-3)37(52)32(62-43)20-58-34(49)15-9-25-6-13-28(47)30(18-25)55-2/h4-19,32-33,37-42,44,46-48,52-54H,20-22H2,1-3H3/b15-9+,16-8+,17-10+/t32-,33-,37-,38-,39-,40-,41+,42-,43+/m1/s1. The molecule has 0 spiro atoms. The summed E-state index contributed by atoms with van der Waals surface area (Å²) in [5, 5.41) is 74.2. The van der Waals surface area contributed by atoms with Gasteiger partial charge < -0.3 is 78.4 Å². The Morgan fingerprint density at radius 1 is 0.667 bits per heavy atom. The van der Waals surface area contributed by atoms with Crippen molar-refractivity contribution >= 4 is 42.1 Å². The van der Waals surface area contributed by atoms with Crippen molar-refractivity contribution in [2.24, 2.45) is 0 Å². The molecule has 20 nitrogen and oxygen atoms in total. The molecule has 0 aliphatic carbocycles. The van der Waals surface area contributed by atoms with Gasteiger partial charge in [0.25, 0.3) is 0 Å². The summed E-state index contributed by atoms with van der Waals surface area (Å²) in [6.07, 6.45) is -8.04. The minimum Gasteiger partial charge on any atom is -0.508 e. The predicted molar refractivity (Wildman–Crippen MR) is 214 cm³/mol. The Balaban J connectivity index is 1.38. The number of ether oxygens (including phenoxy) is 9. The molecule has 2 fully saturated rings. The minimum absolute atomic E-state index is 0.0124. The Kier molecular flexibility index (Phi) is 16.2. The Morgan fingerprint density at radius 2 is 1.19 bits per heavy atom. The number of benzene rings is 3. The maximum absolute atomic E-state index is 13.3. The van der Waals surface area contributed by atoms with Crippen LogP contribution in [0.1, 0.15) is 23.6 Å². The van der Waals surface area contributed by atoms with Gasteiger partial charge in [-0.25, -0.2) is 14.4 Å². The van der Waals surface area contributed by atoms with E-state index >= 15 is 0 Å². The van der Waals surface area contributed by atoms with E-state index in [-0.39, 0.29) is 28.7 Å². The topological polar surface area (TPSA) is 293 Å². The second kappa shape index (κ2) is 21.5. The molecule has 2 aliphatic rings. The predicted octanol–water partition coefficient (Wildman–Crippen LogP) is 1.10. The lowest BCUT2D eigenvalue weighted by Gasteiger charge is -2.44. The summed E-state index contributed by atoms with van der Waals surface area (Å²) in [6, 6.07) is 14.2. The third-order valence-electron chi connectivity index (χ3n) is 9.52. The summed E-state index contributed by atoms with van der Waals surface area (Å²) < 4.78 is 49.1. The Hall–Kier alpha value is -6.52. The average Bonchev–Trinajstić information content (AvgIpc) is 3.52. The van der Waals surface area contributed by atoms with E-state index in [0.29, 0.717) is 16.7 Å². The lowest BCUT2D eigenvalue weighted by atomic mass is 9.98. The quantitative estimate of drug-likeness (QED) is 0.0567. The molecule has 0 unspecified atom stereocenters. The summed E-state index contributed by atoms with van der Waals surface area (Å²) in [7, 11) is 2.66. The number of aliphatic hydroxyl groups excluding tert-OH is 4. The Labute approximate surface area is 359 Å². The van der Waals surface area contributed by atoms with Gasteiger partial charge in [0.05, 0.1) is 14.2 Å². The maximum Gasteiger partial charge on any atom is 0.331 e. The van der Waals surface area contributed by atoms with E-state index in [0.717, 1.165) is 25.2 Å². The zero-order chi connectivity index (χ0) is 45.8. The van der Waals surface area contributed by atoms with Gasteiger partial charge >= 0.3 is 23.9 Å². The molecule has 0 bridgehead atoms. The zero-order valence-electron chi connectivity index (χ0n) is 33.9. The molecule has 20 heteroatoms. The molecule has 2 aliphatic heterocycles. The molecule has 9 atom stereocenters. The van der Waals surface area contributed by atoms with Crippen molar-refractivity contribution in [1.29, 1.82) is 0 Å². The summed E-state index contributed by atoms with van der Waals surface area (Å²) >= 11 is 0. The number of carbonyl (C=O) groups excluding carboxylic acids is 4. The van der Waals surface area contributed by atoms with Crippen LogP contribution in [-0.4, -0.2) is 148 Å². The van der Waals surface area contributed by atoms with Crippen molar-refractivity contribution < 1.29 is 97.6 Å². The van der Waals surface area contributed by atoms with Crippen molar-refractivity contribution in [3.63, 3.8) is 0 Å². The van der Waals surface area contributed by atoms with Gasteiger partial charge in [-0.1, -0.05) is 24.3 Å². The number of hydrogen-bond acceptors (Lipinski definition) is 20. The molecule has 0 radical (unpaired) electrons. The molecule has 3 aromatic carbocycles. The first-order chi connectivity index (χ1) is 30.1. The van der Waals surface area contributed by atoms with Crippen LogP contribution >= 0.6 is 0 Å². The van der Waals surface area contributed by atoms with Gasteiger partial charge in [-0.3, -0.25) is 4.79 Å². The fraction of sp³-hybridized carbons (Fsp3) is 0.349. The van der Waals surface area contributed by atoms with Crippen LogP contribution in [-0.2, 0) is 52.3 Å². The van der Waals surface area contributed by atoms with Crippen LogP contribution in [0.4, 0.5) is 0 Å². The smallest absolute Gasteiger partial charge is 0.331 e. The highest BCUT2D eigenvalue weighted by Gasteiger charge is 2.61. The first-order valence-electron chi connectivity index (χ1n) is 19.0. The van der Waals surface area contributed by atoms with Crippen molar-refractivity contribution in [1.82, 2.24) is 0 Å². The SMILES string of the molecule is COc1cc(/C=C/C(=O)OC[C@H]2O[C@@](CO)(O[C@H]3O[C@H](COC(C)=O)[C@@H](OC(=O)/C=C/c4ccc(O)cc4)[C@H](O)[C@H]3O)[C@@H](OC(=O)/C=C/c3ccc(O)c(OC)c3)[C@@H]2O)ccc1O. The number of phenols is 3. The summed E-state index contributed by atoms with van der Waals surface area (Å²) in [5.74, 6) is -6.62. The van der Waals surface area contributed by atoms with Crippen LogP contribution in [0.15, 0.2) is 78.9 Å². The van der Waals surface area contributed by atoms with Crippen LogP contribution < -0.4 is 9.47 Å². The fourth-order valence-electron chi connectivity index (χ4n) is 6.30. The average molecular weight is 883 g/mol. The van der Waals surface area contributed by atoms with Crippen molar-refractivity contribution in [2.45, 2.75) is 61.7 Å². The molecule has 338 valence electrons. The van der Waals surface area contributed by atoms with Gasteiger partial charge in [-0.2, -0.15) is 0 Å². The van der Waals surface area contributed by atoms with Gasteiger partial charge in [0.15, 0.2) is 41.5 Å². The summed E-state index contributed by atoms with van der Waals surface area (Å²) in [4.78, 5) is 50.7. The molecule has 0 amide bonds. The molecule has 63 heavy (non-hydrogen) atoms. The molecule has 3 aromatic rings. The van der Waals surface area contributed by atoms with Gasteiger partial charge in [0.2, 0.25) is 5.79 Å². The van der Waals surface area contributed by atoms with Crippen LogP contribution in [0, 0.1) is 0 Å². The van der Waals surface area contributed by atoms with Gasteiger partial charge in [-0.05, 0) is 71.3 Å². The number of aromatic hydroxyl groups is 3. The van der Waals surface area contributed by atoms with E-state index in [2.05, 4.69) is 0 Å². The van der Waals surface area contributed by atoms with E-state index in [9.17, 15) is 54.9 Å². The summed E-state index contributed by atoms with van der Waals surface area (Å²) in [6.45, 7) is -1.56. The number of hydrogen-bond donors (Lipinski definition) is 7. The fourth-order valence-corrected chi connectivity index (χ4v) is 6.30. The second-order valence-corrected chi connectivity index (χ2v) is 13.9. The first kappa shape index (κ1) is 47.5. The lowest BCUT2D eigenvalue weighted by molar-refractivity contribution is -0.383. The molecule has 0 saturated carbocycles. The number of methoxy groups -OCH3 is 2. The van der Waals surface area contributed by atoms with E-state index in [1.807, 2.05) is 0 Å². The monoisotopic (exact) mass is 882 g/mol. The van der Waals surface area contributed by atoms with Gasteiger partial charge in [0, 0.05) is 25.2 Å². The van der Waals surface area contributed by atoms with Crippen LogP contribution in [0.3, 0.4) is 0 Å². The van der Waals surface area contributed by atoms with E-state index < -0.39 is 98.5 Å².